The predicted octanol–water partition coefficient (Wildman–Crippen LogP) is 2.95. The number of hydrogen-bond acceptors (Lipinski definition) is 1. The lowest BCUT2D eigenvalue weighted by molar-refractivity contribution is 0.551. The first kappa shape index (κ1) is 11.0. The quantitative estimate of drug-likeness (QED) is 0.650. The summed E-state index contributed by atoms with van der Waals surface area (Å²) in [6.45, 7) is 7.75. The summed E-state index contributed by atoms with van der Waals surface area (Å²) in [6.07, 6.45) is 6.76. The highest BCUT2D eigenvalue weighted by atomic mass is 14.9. The molecule has 1 aliphatic rings. The van der Waals surface area contributed by atoms with E-state index >= 15 is 0 Å². The summed E-state index contributed by atoms with van der Waals surface area (Å²) in [5, 5.41) is 3.46. The van der Waals surface area contributed by atoms with E-state index in [1.807, 2.05) is 0 Å². The first-order valence-corrected chi connectivity index (χ1v) is 5.08. The molecule has 1 atom stereocenters. The summed E-state index contributed by atoms with van der Waals surface area (Å²) < 4.78 is 0. The molecule has 0 aromatic heterocycles. The van der Waals surface area contributed by atoms with Crippen molar-refractivity contribution in [2.75, 3.05) is 6.54 Å². The van der Waals surface area contributed by atoms with Crippen molar-refractivity contribution in [3.05, 3.63) is 0 Å². The molecule has 1 N–H and O–H groups in total. The summed E-state index contributed by atoms with van der Waals surface area (Å²) in [5.41, 5.74) is 0. The van der Waals surface area contributed by atoms with E-state index in [2.05, 4.69) is 26.1 Å². The third-order valence-corrected chi connectivity index (χ3v) is 1.80. The van der Waals surface area contributed by atoms with Crippen molar-refractivity contribution in [1.29, 1.82) is 0 Å². The zero-order valence-electron chi connectivity index (χ0n) is 8.32. The molecule has 1 heterocycles. The zero-order chi connectivity index (χ0) is 8.53. The van der Waals surface area contributed by atoms with Crippen LogP contribution in [0.15, 0.2) is 0 Å². The van der Waals surface area contributed by atoms with E-state index < -0.39 is 0 Å². The maximum atomic E-state index is 3.46. The third-order valence-electron chi connectivity index (χ3n) is 1.80. The van der Waals surface area contributed by atoms with Gasteiger partial charge in [-0.15, -0.1) is 0 Å². The molecule has 0 spiro atoms. The minimum absolute atomic E-state index is 0.861. The second-order valence-corrected chi connectivity index (χ2v) is 3.29. The van der Waals surface area contributed by atoms with Crippen LogP contribution >= 0.6 is 0 Å². The summed E-state index contributed by atoms with van der Waals surface area (Å²) in [7, 11) is 0. The minimum Gasteiger partial charge on any atom is -0.314 e. The van der Waals surface area contributed by atoms with Gasteiger partial charge < -0.3 is 5.32 Å². The normalized spacial score (nSPS) is 22.6. The topological polar surface area (TPSA) is 12.0 Å². The zero-order valence-corrected chi connectivity index (χ0v) is 8.32. The SMILES string of the molecule is CCC.CCC[C@@H]1CCCN1. The molecule has 1 aliphatic heterocycles. The van der Waals surface area contributed by atoms with Crippen molar-refractivity contribution < 1.29 is 0 Å². The highest BCUT2D eigenvalue weighted by Crippen LogP contribution is 2.09. The molecule has 1 heteroatoms. The molecule has 0 amide bonds. The predicted molar refractivity (Wildman–Crippen MR) is 51.9 cm³/mol. The van der Waals surface area contributed by atoms with E-state index in [9.17, 15) is 0 Å². The molecule has 1 nitrogen and oxygen atoms in total. The fourth-order valence-electron chi connectivity index (χ4n) is 1.35. The largest absolute Gasteiger partial charge is 0.314 e. The van der Waals surface area contributed by atoms with E-state index in [0.29, 0.717) is 0 Å². The lowest BCUT2D eigenvalue weighted by Gasteiger charge is -2.05. The molecule has 0 unspecified atom stereocenters. The fourth-order valence-corrected chi connectivity index (χ4v) is 1.35. The molecule has 1 rings (SSSR count). The van der Waals surface area contributed by atoms with Crippen LogP contribution in [0.25, 0.3) is 0 Å². The van der Waals surface area contributed by atoms with Gasteiger partial charge in [0.15, 0.2) is 0 Å². The molecule has 0 aromatic carbocycles. The highest BCUT2D eigenvalue weighted by molar-refractivity contribution is 4.72. The van der Waals surface area contributed by atoms with Gasteiger partial charge in [-0.25, -0.2) is 0 Å². The van der Waals surface area contributed by atoms with Gasteiger partial charge in [-0.2, -0.15) is 0 Å². The number of rotatable bonds is 2. The lowest BCUT2D eigenvalue weighted by atomic mass is 10.1. The smallest absolute Gasteiger partial charge is 0.00674 e. The average Bonchev–Trinajstić information content (AvgIpc) is 2.42. The van der Waals surface area contributed by atoms with Gasteiger partial charge in [-0.3, -0.25) is 0 Å². The Balaban J connectivity index is 0.000000292. The van der Waals surface area contributed by atoms with Crippen LogP contribution in [0.5, 0.6) is 0 Å². The van der Waals surface area contributed by atoms with E-state index in [1.54, 1.807) is 0 Å². The highest BCUT2D eigenvalue weighted by Gasteiger charge is 2.11. The maximum absolute atomic E-state index is 3.46. The molecule has 68 valence electrons. The van der Waals surface area contributed by atoms with E-state index in [0.717, 1.165) is 6.04 Å². The molecule has 1 fully saturated rings. The van der Waals surface area contributed by atoms with Gasteiger partial charge in [0.25, 0.3) is 0 Å². The molecule has 11 heavy (non-hydrogen) atoms. The molecule has 0 aliphatic carbocycles. The van der Waals surface area contributed by atoms with Crippen LogP contribution in [0.3, 0.4) is 0 Å². The molecule has 1 saturated heterocycles. The minimum atomic E-state index is 0.861. The second-order valence-electron chi connectivity index (χ2n) is 3.29. The number of hydrogen-bond donors (Lipinski definition) is 1. The van der Waals surface area contributed by atoms with Crippen LogP contribution < -0.4 is 5.32 Å². The van der Waals surface area contributed by atoms with Gasteiger partial charge in [-0.1, -0.05) is 33.6 Å². The molecule has 0 radical (unpaired) electrons. The Morgan fingerprint density at radius 2 is 1.91 bits per heavy atom. The molecule has 0 bridgehead atoms. The van der Waals surface area contributed by atoms with Crippen LogP contribution in [-0.4, -0.2) is 12.6 Å². The third kappa shape index (κ3) is 6.36. The van der Waals surface area contributed by atoms with Crippen molar-refractivity contribution in [3.63, 3.8) is 0 Å². The lowest BCUT2D eigenvalue weighted by Crippen LogP contribution is -2.20. The van der Waals surface area contributed by atoms with Crippen LogP contribution in [0, 0.1) is 0 Å². The van der Waals surface area contributed by atoms with E-state index in [4.69, 9.17) is 0 Å². The van der Waals surface area contributed by atoms with Crippen LogP contribution in [0.2, 0.25) is 0 Å². The monoisotopic (exact) mass is 157 g/mol. The Morgan fingerprint density at radius 1 is 1.27 bits per heavy atom. The second kappa shape index (κ2) is 8.06. The standard InChI is InChI=1S/C7H15N.C3H8/c1-2-4-7-5-3-6-8-7;1-3-2/h7-8H,2-6H2,1H3;3H2,1-2H3/t7-;/m1./s1. The Labute approximate surface area is 71.6 Å². The molecule has 0 aromatic rings. The van der Waals surface area contributed by atoms with Crippen LogP contribution in [0.1, 0.15) is 52.9 Å². The number of nitrogens with one attached hydrogen (secondary N) is 1. The summed E-state index contributed by atoms with van der Waals surface area (Å²) >= 11 is 0. The van der Waals surface area contributed by atoms with Crippen molar-refractivity contribution >= 4 is 0 Å². The van der Waals surface area contributed by atoms with Gasteiger partial charge in [0.05, 0.1) is 0 Å². The first-order chi connectivity index (χ1) is 5.35. The van der Waals surface area contributed by atoms with E-state index in [1.165, 1.54) is 38.6 Å². The van der Waals surface area contributed by atoms with Crippen molar-refractivity contribution in [1.82, 2.24) is 5.32 Å². The Kier molecular flexibility index (Phi) is 8.03. The maximum Gasteiger partial charge on any atom is 0.00674 e. The van der Waals surface area contributed by atoms with Gasteiger partial charge in [-0.05, 0) is 25.8 Å². The van der Waals surface area contributed by atoms with Crippen LogP contribution in [0.4, 0.5) is 0 Å². The average molecular weight is 157 g/mol. The van der Waals surface area contributed by atoms with Crippen molar-refractivity contribution in [3.8, 4) is 0 Å². The molecular weight excluding hydrogens is 134 g/mol. The van der Waals surface area contributed by atoms with Gasteiger partial charge >= 0.3 is 0 Å². The van der Waals surface area contributed by atoms with Gasteiger partial charge in [0.1, 0.15) is 0 Å². The summed E-state index contributed by atoms with van der Waals surface area (Å²) in [6, 6.07) is 0.861. The van der Waals surface area contributed by atoms with Crippen LogP contribution in [-0.2, 0) is 0 Å². The molecule has 0 saturated carbocycles. The van der Waals surface area contributed by atoms with Gasteiger partial charge in [0, 0.05) is 6.04 Å². The summed E-state index contributed by atoms with van der Waals surface area (Å²) in [5.74, 6) is 0. The van der Waals surface area contributed by atoms with Crippen molar-refractivity contribution in [2.24, 2.45) is 0 Å². The first-order valence-electron chi connectivity index (χ1n) is 5.08. The molecular formula is C10H23N. The van der Waals surface area contributed by atoms with E-state index in [-0.39, 0.29) is 0 Å². The van der Waals surface area contributed by atoms with Gasteiger partial charge in [0.2, 0.25) is 0 Å². The Morgan fingerprint density at radius 3 is 2.27 bits per heavy atom. The Hall–Kier alpha value is -0.0400. The fraction of sp³-hybridized carbons (Fsp3) is 1.00. The van der Waals surface area contributed by atoms with Crippen molar-refractivity contribution in [2.45, 2.75) is 58.9 Å². The Bertz CT molecular complexity index is 65.3. The summed E-state index contributed by atoms with van der Waals surface area (Å²) in [4.78, 5) is 0.